The van der Waals surface area contributed by atoms with E-state index >= 15 is 0 Å². The Labute approximate surface area is 184 Å². The number of thiocarbonyl (C=S) groups is 1. The summed E-state index contributed by atoms with van der Waals surface area (Å²) in [5, 5.41) is 12.9. The van der Waals surface area contributed by atoms with E-state index in [4.69, 9.17) is 12.2 Å². The largest absolute Gasteiger partial charge is 0.342 e. The second-order valence-electron chi connectivity index (χ2n) is 7.02. The molecule has 0 bridgehead atoms. The molecule has 2 aromatic carbocycles. The highest BCUT2D eigenvalue weighted by Crippen LogP contribution is 2.26. The number of benzene rings is 2. The van der Waals surface area contributed by atoms with Crippen LogP contribution in [0.1, 0.15) is 16.7 Å². The van der Waals surface area contributed by atoms with Gasteiger partial charge < -0.3 is 4.57 Å². The van der Waals surface area contributed by atoms with Crippen LogP contribution in [-0.4, -0.2) is 32.9 Å². The summed E-state index contributed by atoms with van der Waals surface area (Å²) >= 11 is 5.11. The van der Waals surface area contributed by atoms with Crippen LogP contribution in [0.15, 0.2) is 73.0 Å². The Hall–Kier alpha value is -4.02. The van der Waals surface area contributed by atoms with E-state index in [9.17, 15) is 14.9 Å². The Balaban J connectivity index is 1.79. The number of fused-ring (bicyclic) bond motifs is 1. The minimum Gasteiger partial charge on any atom is -0.342 e. The van der Waals surface area contributed by atoms with Gasteiger partial charge in [0.25, 0.3) is 11.8 Å². The first kappa shape index (κ1) is 20.3. The van der Waals surface area contributed by atoms with Gasteiger partial charge in [0, 0.05) is 35.8 Å². The highest BCUT2D eigenvalue weighted by molar-refractivity contribution is 7.80. The SMILES string of the molecule is C=CCN1C(=O)/C(=C\c2cn(Cc3ccccc3C#N)c3ccccc23)C(=O)NC1=S. The molecular formula is C24H18N4O2S. The van der Waals surface area contributed by atoms with E-state index in [0.29, 0.717) is 12.1 Å². The first-order valence-corrected chi connectivity index (χ1v) is 10.00. The van der Waals surface area contributed by atoms with Gasteiger partial charge in [-0.2, -0.15) is 5.26 Å². The Morgan fingerprint density at radius 2 is 1.87 bits per heavy atom. The summed E-state index contributed by atoms with van der Waals surface area (Å²) in [7, 11) is 0. The molecule has 0 radical (unpaired) electrons. The van der Waals surface area contributed by atoms with Gasteiger partial charge in [-0.15, -0.1) is 6.58 Å². The Kier molecular flexibility index (Phi) is 5.48. The summed E-state index contributed by atoms with van der Waals surface area (Å²) in [6.07, 6.45) is 5.03. The summed E-state index contributed by atoms with van der Waals surface area (Å²) in [5.74, 6) is -0.984. The second-order valence-corrected chi connectivity index (χ2v) is 7.41. The first-order valence-electron chi connectivity index (χ1n) is 9.59. The topological polar surface area (TPSA) is 78.1 Å². The van der Waals surface area contributed by atoms with E-state index < -0.39 is 11.8 Å². The zero-order valence-electron chi connectivity index (χ0n) is 16.5. The van der Waals surface area contributed by atoms with Crippen LogP contribution in [0.4, 0.5) is 0 Å². The maximum Gasteiger partial charge on any atom is 0.265 e. The van der Waals surface area contributed by atoms with Gasteiger partial charge in [-0.05, 0) is 36.0 Å². The van der Waals surface area contributed by atoms with Gasteiger partial charge in [0.15, 0.2) is 5.11 Å². The molecule has 6 nitrogen and oxygen atoms in total. The van der Waals surface area contributed by atoms with E-state index in [1.165, 1.54) is 4.90 Å². The lowest BCUT2D eigenvalue weighted by molar-refractivity contribution is -0.128. The van der Waals surface area contributed by atoms with Crippen LogP contribution in [0, 0.1) is 11.3 Å². The zero-order chi connectivity index (χ0) is 22.0. The summed E-state index contributed by atoms with van der Waals surface area (Å²) in [5.41, 5.74) is 3.17. The van der Waals surface area contributed by atoms with Gasteiger partial charge in [0.2, 0.25) is 0 Å². The van der Waals surface area contributed by atoms with E-state index in [1.54, 1.807) is 18.2 Å². The van der Waals surface area contributed by atoms with Crippen molar-refractivity contribution in [3.63, 3.8) is 0 Å². The number of hydrogen-bond acceptors (Lipinski definition) is 4. The molecule has 0 spiro atoms. The molecule has 0 atom stereocenters. The maximum absolute atomic E-state index is 12.9. The molecule has 1 aliphatic heterocycles. The third-order valence-electron chi connectivity index (χ3n) is 5.10. The summed E-state index contributed by atoms with van der Waals surface area (Å²) in [6, 6.07) is 17.4. The number of amides is 2. The van der Waals surface area contributed by atoms with Crippen LogP contribution in [0.25, 0.3) is 17.0 Å². The highest BCUT2D eigenvalue weighted by atomic mass is 32.1. The standard InChI is InChI=1S/C24H18N4O2S/c1-2-11-28-23(30)20(22(29)26-24(28)31)12-18-15-27(21-10-6-5-9-19(18)21)14-17-8-4-3-7-16(17)13-25/h2-10,12,15H,1,11,14H2,(H,26,29,31)/b20-12-. The van der Waals surface area contributed by atoms with Crippen molar-refractivity contribution in [2.75, 3.05) is 6.54 Å². The lowest BCUT2D eigenvalue weighted by Crippen LogP contribution is -2.53. The summed E-state index contributed by atoms with van der Waals surface area (Å²) in [6.45, 7) is 4.33. The van der Waals surface area contributed by atoms with E-state index in [2.05, 4.69) is 18.0 Å². The molecule has 152 valence electrons. The van der Waals surface area contributed by atoms with Crippen molar-refractivity contribution in [1.82, 2.24) is 14.8 Å². The predicted octanol–water partition coefficient (Wildman–Crippen LogP) is 3.37. The van der Waals surface area contributed by atoms with E-state index in [-0.39, 0.29) is 17.2 Å². The van der Waals surface area contributed by atoms with Crippen LogP contribution in [0.5, 0.6) is 0 Å². The lowest BCUT2D eigenvalue weighted by Gasteiger charge is -2.27. The Morgan fingerprint density at radius 3 is 2.65 bits per heavy atom. The van der Waals surface area contributed by atoms with Crippen molar-refractivity contribution in [2.45, 2.75) is 6.54 Å². The number of carbonyl (C=O) groups is 2. The molecule has 0 saturated carbocycles. The summed E-state index contributed by atoms with van der Waals surface area (Å²) in [4.78, 5) is 26.7. The van der Waals surface area contributed by atoms with Crippen molar-refractivity contribution in [1.29, 1.82) is 5.26 Å². The van der Waals surface area contributed by atoms with Crippen molar-refractivity contribution >= 4 is 46.1 Å². The van der Waals surface area contributed by atoms with Gasteiger partial charge >= 0.3 is 0 Å². The molecule has 1 saturated heterocycles. The maximum atomic E-state index is 12.9. The summed E-state index contributed by atoms with van der Waals surface area (Å²) < 4.78 is 2.01. The minimum absolute atomic E-state index is 0.00998. The molecule has 1 fully saturated rings. The van der Waals surface area contributed by atoms with Crippen LogP contribution in [0.2, 0.25) is 0 Å². The number of hydrogen-bond donors (Lipinski definition) is 1. The molecule has 31 heavy (non-hydrogen) atoms. The van der Waals surface area contributed by atoms with Crippen molar-refractivity contribution < 1.29 is 9.59 Å². The number of aromatic nitrogens is 1. The average Bonchev–Trinajstić information content (AvgIpc) is 3.12. The minimum atomic E-state index is -0.526. The average molecular weight is 427 g/mol. The lowest BCUT2D eigenvalue weighted by atomic mass is 10.1. The normalized spacial score (nSPS) is 15.3. The number of carbonyl (C=O) groups excluding carboxylic acids is 2. The molecule has 1 N–H and O–H groups in total. The molecule has 0 unspecified atom stereocenters. The fourth-order valence-corrected chi connectivity index (χ4v) is 3.87. The van der Waals surface area contributed by atoms with Crippen molar-refractivity contribution in [3.8, 4) is 6.07 Å². The third kappa shape index (κ3) is 3.77. The molecule has 3 aromatic rings. The Bertz CT molecular complexity index is 1310. The van der Waals surface area contributed by atoms with Gasteiger partial charge in [-0.3, -0.25) is 19.8 Å². The van der Waals surface area contributed by atoms with Gasteiger partial charge in [0.1, 0.15) is 5.57 Å². The second kappa shape index (κ2) is 8.38. The Morgan fingerprint density at radius 1 is 1.13 bits per heavy atom. The zero-order valence-corrected chi connectivity index (χ0v) is 17.4. The third-order valence-corrected chi connectivity index (χ3v) is 5.42. The fourth-order valence-electron chi connectivity index (χ4n) is 3.62. The van der Waals surface area contributed by atoms with Gasteiger partial charge in [-0.1, -0.05) is 42.5 Å². The molecule has 2 heterocycles. The monoisotopic (exact) mass is 426 g/mol. The number of rotatable bonds is 5. The van der Waals surface area contributed by atoms with Gasteiger partial charge in [-0.25, -0.2) is 0 Å². The molecule has 2 amide bonds. The quantitative estimate of drug-likeness (QED) is 0.294. The van der Waals surface area contributed by atoms with Crippen LogP contribution >= 0.6 is 12.2 Å². The number of nitrogens with zero attached hydrogens (tertiary/aromatic N) is 3. The molecule has 7 heteroatoms. The highest BCUT2D eigenvalue weighted by Gasteiger charge is 2.32. The number of nitrogens with one attached hydrogen (secondary N) is 1. The van der Waals surface area contributed by atoms with Crippen molar-refractivity contribution in [2.24, 2.45) is 0 Å². The van der Waals surface area contributed by atoms with E-state index in [1.807, 2.05) is 53.2 Å². The molecule has 1 aromatic heterocycles. The fraction of sp³-hybridized carbons (Fsp3) is 0.0833. The van der Waals surface area contributed by atoms with Crippen molar-refractivity contribution in [3.05, 3.63) is 89.6 Å². The van der Waals surface area contributed by atoms with Crippen LogP contribution in [0.3, 0.4) is 0 Å². The van der Waals surface area contributed by atoms with Gasteiger partial charge in [0.05, 0.1) is 11.6 Å². The molecule has 4 rings (SSSR count). The smallest absolute Gasteiger partial charge is 0.265 e. The molecule has 0 aliphatic carbocycles. The van der Waals surface area contributed by atoms with Crippen LogP contribution in [-0.2, 0) is 16.1 Å². The number of para-hydroxylation sites is 1. The molecule has 1 aliphatic rings. The van der Waals surface area contributed by atoms with E-state index in [0.717, 1.165) is 22.0 Å². The van der Waals surface area contributed by atoms with Crippen LogP contribution < -0.4 is 5.32 Å². The number of nitriles is 1. The predicted molar refractivity (Wildman–Crippen MR) is 123 cm³/mol. The first-order chi connectivity index (χ1) is 15.0. The molecular weight excluding hydrogens is 408 g/mol.